The van der Waals surface area contributed by atoms with Crippen molar-refractivity contribution in [2.75, 3.05) is 13.2 Å². The Morgan fingerprint density at radius 3 is 2.76 bits per heavy atom. The summed E-state index contributed by atoms with van der Waals surface area (Å²) in [6.45, 7) is 2.21. The molecule has 33 heavy (non-hydrogen) atoms. The summed E-state index contributed by atoms with van der Waals surface area (Å²) in [4.78, 5) is 26.1. The highest BCUT2D eigenvalue weighted by Gasteiger charge is 2.23. The molecule has 4 aromatic rings. The van der Waals surface area contributed by atoms with Crippen molar-refractivity contribution in [1.82, 2.24) is 24.1 Å². The Kier molecular flexibility index (Phi) is 5.31. The summed E-state index contributed by atoms with van der Waals surface area (Å²) < 4.78 is 9.29. The van der Waals surface area contributed by atoms with Gasteiger partial charge in [-0.2, -0.15) is 0 Å². The quantitative estimate of drug-likeness (QED) is 0.449. The van der Waals surface area contributed by atoms with Crippen LogP contribution in [0, 0.1) is 5.92 Å². The van der Waals surface area contributed by atoms with Crippen molar-refractivity contribution in [2.24, 2.45) is 5.92 Å². The summed E-state index contributed by atoms with van der Waals surface area (Å²) in [6.07, 6.45) is 13.7. The number of hydrogen-bond acceptors (Lipinski definition) is 4. The average molecular weight is 464 g/mol. The van der Waals surface area contributed by atoms with E-state index < -0.39 is 0 Å². The van der Waals surface area contributed by atoms with Gasteiger partial charge in [0.1, 0.15) is 5.65 Å². The van der Waals surface area contributed by atoms with Gasteiger partial charge in [0.15, 0.2) is 5.65 Å². The molecule has 1 saturated heterocycles. The van der Waals surface area contributed by atoms with E-state index in [2.05, 4.69) is 22.1 Å². The smallest absolute Gasteiger partial charge is 0.334 e. The van der Waals surface area contributed by atoms with Crippen LogP contribution >= 0.6 is 11.6 Å². The molecule has 0 aromatic carbocycles. The van der Waals surface area contributed by atoms with E-state index in [9.17, 15) is 4.79 Å². The molecular formula is C25H26ClN5O2. The number of imidazole rings is 1. The second-order valence-corrected chi connectivity index (χ2v) is 9.46. The number of rotatable bonds is 4. The number of hydrogen-bond donors (Lipinski definition) is 1. The Bertz CT molecular complexity index is 1420. The SMILES string of the molecule is O=c1n(CC2CCOCC2)c2cc(-c3cnc4[nH]cc(Cl)c4c3)cnc2n1C1=CCCCC1. The van der Waals surface area contributed by atoms with Crippen LogP contribution in [0.5, 0.6) is 0 Å². The van der Waals surface area contributed by atoms with Crippen LogP contribution in [0.4, 0.5) is 0 Å². The number of pyridine rings is 2. The van der Waals surface area contributed by atoms with Gasteiger partial charge < -0.3 is 9.72 Å². The summed E-state index contributed by atoms with van der Waals surface area (Å²) in [5, 5.41) is 1.51. The lowest BCUT2D eigenvalue weighted by atomic mass is 10.0. The maximum Gasteiger partial charge on any atom is 0.334 e. The Hall–Kier alpha value is -2.90. The molecule has 1 fully saturated rings. The molecule has 0 bridgehead atoms. The van der Waals surface area contributed by atoms with E-state index in [0.717, 1.165) is 84.3 Å². The fourth-order valence-corrected chi connectivity index (χ4v) is 5.26. The summed E-state index contributed by atoms with van der Waals surface area (Å²) in [5.74, 6) is 0.427. The zero-order valence-corrected chi connectivity index (χ0v) is 19.1. The fraction of sp³-hybridized carbons (Fsp3) is 0.400. The van der Waals surface area contributed by atoms with E-state index in [1.165, 1.54) is 6.42 Å². The molecule has 0 radical (unpaired) electrons. The summed E-state index contributed by atoms with van der Waals surface area (Å²) in [5.41, 5.74) is 5.29. The molecule has 0 unspecified atom stereocenters. The minimum atomic E-state index is 0.0107. The largest absolute Gasteiger partial charge is 0.381 e. The van der Waals surface area contributed by atoms with Gasteiger partial charge in [-0.25, -0.2) is 19.3 Å². The molecule has 6 rings (SSSR count). The highest BCUT2D eigenvalue weighted by atomic mass is 35.5. The molecule has 1 aliphatic carbocycles. The lowest BCUT2D eigenvalue weighted by molar-refractivity contribution is 0.0613. The normalized spacial score (nSPS) is 17.7. The third-order valence-electron chi connectivity index (χ3n) is 6.92. The van der Waals surface area contributed by atoms with Gasteiger partial charge in [0.05, 0.1) is 10.5 Å². The number of nitrogens with zero attached hydrogens (tertiary/aromatic N) is 4. The Morgan fingerprint density at radius 2 is 1.94 bits per heavy atom. The molecule has 4 aromatic heterocycles. The maximum absolute atomic E-state index is 13.7. The highest BCUT2D eigenvalue weighted by Crippen LogP contribution is 2.30. The number of nitrogens with one attached hydrogen (secondary N) is 1. The van der Waals surface area contributed by atoms with Crippen molar-refractivity contribution >= 4 is 39.5 Å². The van der Waals surface area contributed by atoms with Crippen LogP contribution in [-0.2, 0) is 11.3 Å². The van der Waals surface area contributed by atoms with Crippen LogP contribution in [0.3, 0.4) is 0 Å². The standard InChI is InChI=1S/C25H26ClN5O2/c26-21-14-28-23-20(21)10-17(12-27-23)18-11-22-24(29-13-18)31(19-4-2-1-3-5-19)25(32)30(22)15-16-6-8-33-9-7-16/h4,10-14,16H,1-3,5-9,15H2,(H,27,28). The Balaban J connectivity index is 1.50. The molecule has 7 nitrogen and oxygen atoms in total. The molecule has 1 N–H and O–H groups in total. The molecule has 2 aliphatic rings. The number of fused-ring (bicyclic) bond motifs is 2. The lowest BCUT2D eigenvalue weighted by Gasteiger charge is -2.22. The number of aromatic amines is 1. The first-order valence-electron chi connectivity index (χ1n) is 11.7. The minimum absolute atomic E-state index is 0.0107. The van der Waals surface area contributed by atoms with E-state index in [4.69, 9.17) is 21.3 Å². The molecule has 5 heterocycles. The lowest BCUT2D eigenvalue weighted by Crippen LogP contribution is -2.29. The monoisotopic (exact) mass is 463 g/mol. The van der Waals surface area contributed by atoms with Gasteiger partial charge in [0, 0.05) is 60.6 Å². The maximum atomic E-state index is 13.7. The van der Waals surface area contributed by atoms with Gasteiger partial charge >= 0.3 is 5.69 Å². The highest BCUT2D eigenvalue weighted by molar-refractivity contribution is 6.35. The van der Waals surface area contributed by atoms with Gasteiger partial charge in [0.25, 0.3) is 0 Å². The first-order chi connectivity index (χ1) is 16.2. The topological polar surface area (TPSA) is 77.7 Å². The van der Waals surface area contributed by atoms with Gasteiger partial charge in [-0.1, -0.05) is 17.7 Å². The molecule has 170 valence electrons. The number of aromatic nitrogens is 5. The number of allylic oxidation sites excluding steroid dienone is 2. The van der Waals surface area contributed by atoms with E-state index in [-0.39, 0.29) is 5.69 Å². The number of halogens is 1. The van der Waals surface area contributed by atoms with Crippen molar-refractivity contribution in [3.8, 4) is 11.1 Å². The summed E-state index contributed by atoms with van der Waals surface area (Å²) in [6, 6.07) is 4.10. The van der Waals surface area contributed by atoms with Gasteiger partial charge in [-0.05, 0) is 56.6 Å². The predicted molar refractivity (Wildman–Crippen MR) is 130 cm³/mol. The molecule has 0 spiro atoms. The first kappa shape index (κ1) is 20.7. The molecule has 8 heteroatoms. The summed E-state index contributed by atoms with van der Waals surface area (Å²) >= 11 is 6.32. The van der Waals surface area contributed by atoms with Gasteiger partial charge in [0.2, 0.25) is 0 Å². The molecule has 0 amide bonds. The zero-order chi connectivity index (χ0) is 22.4. The third kappa shape index (κ3) is 3.69. The van der Waals surface area contributed by atoms with Crippen LogP contribution < -0.4 is 5.69 Å². The van der Waals surface area contributed by atoms with Crippen LogP contribution in [0.25, 0.3) is 39.0 Å². The van der Waals surface area contributed by atoms with E-state index in [0.29, 0.717) is 17.5 Å². The molecular weight excluding hydrogens is 438 g/mol. The summed E-state index contributed by atoms with van der Waals surface area (Å²) in [7, 11) is 0. The third-order valence-corrected chi connectivity index (χ3v) is 7.23. The minimum Gasteiger partial charge on any atom is -0.381 e. The van der Waals surface area contributed by atoms with Crippen LogP contribution in [-0.4, -0.2) is 37.3 Å². The van der Waals surface area contributed by atoms with Crippen molar-refractivity contribution in [3.05, 3.63) is 52.3 Å². The number of ether oxygens (including phenoxy) is 1. The van der Waals surface area contributed by atoms with Crippen LogP contribution in [0.1, 0.15) is 38.5 Å². The van der Waals surface area contributed by atoms with Gasteiger partial charge in [-0.3, -0.25) is 4.57 Å². The predicted octanol–water partition coefficient (Wildman–Crippen LogP) is 5.24. The number of H-pyrrole nitrogens is 1. The van der Waals surface area contributed by atoms with Crippen LogP contribution in [0.2, 0.25) is 5.02 Å². The van der Waals surface area contributed by atoms with E-state index in [1.807, 2.05) is 27.6 Å². The second-order valence-electron chi connectivity index (χ2n) is 9.05. The zero-order valence-electron chi connectivity index (χ0n) is 18.4. The van der Waals surface area contributed by atoms with Crippen molar-refractivity contribution in [2.45, 2.75) is 45.1 Å². The van der Waals surface area contributed by atoms with Crippen LogP contribution in [0.15, 0.2) is 41.6 Å². The van der Waals surface area contributed by atoms with Crippen molar-refractivity contribution in [1.29, 1.82) is 0 Å². The fourth-order valence-electron chi connectivity index (χ4n) is 5.07. The van der Waals surface area contributed by atoms with E-state index >= 15 is 0 Å². The second kappa shape index (κ2) is 8.47. The average Bonchev–Trinajstić information content (AvgIpc) is 3.36. The van der Waals surface area contributed by atoms with Crippen molar-refractivity contribution < 1.29 is 4.74 Å². The Labute approximate surface area is 196 Å². The Morgan fingerprint density at radius 1 is 1.12 bits per heavy atom. The first-order valence-corrected chi connectivity index (χ1v) is 12.1. The van der Waals surface area contributed by atoms with E-state index in [1.54, 1.807) is 6.20 Å². The molecule has 0 atom stereocenters. The molecule has 0 saturated carbocycles. The molecule has 1 aliphatic heterocycles. The van der Waals surface area contributed by atoms with Gasteiger partial charge in [-0.15, -0.1) is 0 Å². The van der Waals surface area contributed by atoms with Crippen molar-refractivity contribution in [3.63, 3.8) is 0 Å².